The lowest BCUT2D eigenvalue weighted by Crippen LogP contribution is -2.24. The molecule has 0 spiro atoms. The standard InChI is InChI=1S/C13H23N3O/c1-6-8-14-11-9-12(17-13(3,4)5)16-10(7-2)15-11/h9H,6-8H2,1-5H3,(H,14,15,16). The van der Waals surface area contributed by atoms with Gasteiger partial charge in [-0.2, -0.15) is 4.98 Å². The topological polar surface area (TPSA) is 47.0 Å². The molecule has 0 saturated heterocycles. The normalized spacial score (nSPS) is 11.4. The summed E-state index contributed by atoms with van der Waals surface area (Å²) in [5.41, 5.74) is -0.235. The molecular formula is C13H23N3O. The molecule has 0 unspecified atom stereocenters. The van der Waals surface area contributed by atoms with Gasteiger partial charge in [-0.3, -0.25) is 0 Å². The highest BCUT2D eigenvalue weighted by molar-refractivity contribution is 5.38. The molecule has 0 aromatic carbocycles. The Hall–Kier alpha value is -1.32. The van der Waals surface area contributed by atoms with Gasteiger partial charge in [-0.1, -0.05) is 13.8 Å². The van der Waals surface area contributed by atoms with Crippen molar-refractivity contribution in [2.24, 2.45) is 0 Å². The van der Waals surface area contributed by atoms with E-state index < -0.39 is 0 Å². The molecule has 1 N–H and O–H groups in total. The Morgan fingerprint density at radius 3 is 2.47 bits per heavy atom. The molecule has 1 aromatic heterocycles. The third-order valence-corrected chi connectivity index (χ3v) is 2.03. The fourth-order valence-electron chi connectivity index (χ4n) is 1.34. The molecule has 4 heteroatoms. The molecule has 0 atom stereocenters. The van der Waals surface area contributed by atoms with E-state index in [1.807, 2.05) is 33.8 Å². The minimum absolute atomic E-state index is 0.235. The van der Waals surface area contributed by atoms with E-state index in [2.05, 4.69) is 22.2 Å². The van der Waals surface area contributed by atoms with Gasteiger partial charge in [0.05, 0.1) is 0 Å². The van der Waals surface area contributed by atoms with Gasteiger partial charge in [0.25, 0.3) is 0 Å². The molecule has 0 radical (unpaired) electrons. The number of aryl methyl sites for hydroxylation is 1. The summed E-state index contributed by atoms with van der Waals surface area (Å²) in [5.74, 6) is 2.30. The van der Waals surface area contributed by atoms with E-state index >= 15 is 0 Å². The van der Waals surface area contributed by atoms with Gasteiger partial charge >= 0.3 is 0 Å². The van der Waals surface area contributed by atoms with Gasteiger partial charge in [-0.15, -0.1) is 0 Å². The van der Waals surface area contributed by atoms with Crippen LogP contribution in [-0.2, 0) is 6.42 Å². The molecule has 1 aromatic rings. The fraction of sp³-hybridized carbons (Fsp3) is 0.692. The maximum atomic E-state index is 5.77. The van der Waals surface area contributed by atoms with Crippen LogP contribution in [-0.4, -0.2) is 22.1 Å². The first-order chi connectivity index (χ1) is 7.94. The van der Waals surface area contributed by atoms with Gasteiger partial charge in [-0.25, -0.2) is 4.98 Å². The molecule has 17 heavy (non-hydrogen) atoms. The molecule has 0 aliphatic rings. The summed E-state index contributed by atoms with van der Waals surface area (Å²) in [7, 11) is 0. The Morgan fingerprint density at radius 1 is 1.24 bits per heavy atom. The van der Waals surface area contributed by atoms with Crippen LogP contribution in [0.2, 0.25) is 0 Å². The molecule has 1 heterocycles. The number of hydrogen-bond acceptors (Lipinski definition) is 4. The largest absolute Gasteiger partial charge is 0.472 e. The average molecular weight is 237 g/mol. The molecule has 0 bridgehead atoms. The number of anilines is 1. The molecule has 0 amide bonds. The molecule has 1 rings (SSSR count). The molecule has 0 aliphatic heterocycles. The summed E-state index contributed by atoms with van der Waals surface area (Å²) >= 11 is 0. The lowest BCUT2D eigenvalue weighted by atomic mass is 10.2. The van der Waals surface area contributed by atoms with Crippen LogP contribution < -0.4 is 10.1 Å². The monoisotopic (exact) mass is 237 g/mol. The van der Waals surface area contributed by atoms with Crippen LogP contribution >= 0.6 is 0 Å². The van der Waals surface area contributed by atoms with Crippen molar-refractivity contribution < 1.29 is 4.74 Å². The first-order valence-corrected chi connectivity index (χ1v) is 6.25. The molecular weight excluding hydrogens is 214 g/mol. The van der Waals surface area contributed by atoms with Crippen LogP contribution in [0.4, 0.5) is 5.82 Å². The van der Waals surface area contributed by atoms with E-state index in [1.165, 1.54) is 0 Å². The fourth-order valence-corrected chi connectivity index (χ4v) is 1.34. The van der Waals surface area contributed by atoms with Crippen molar-refractivity contribution >= 4 is 5.82 Å². The highest BCUT2D eigenvalue weighted by atomic mass is 16.5. The van der Waals surface area contributed by atoms with E-state index in [-0.39, 0.29) is 5.60 Å². The average Bonchev–Trinajstić information content (AvgIpc) is 2.23. The third-order valence-electron chi connectivity index (χ3n) is 2.03. The number of rotatable bonds is 5. The first-order valence-electron chi connectivity index (χ1n) is 6.25. The zero-order chi connectivity index (χ0) is 12.9. The quantitative estimate of drug-likeness (QED) is 0.855. The lowest BCUT2D eigenvalue weighted by Gasteiger charge is -2.21. The molecule has 4 nitrogen and oxygen atoms in total. The zero-order valence-corrected chi connectivity index (χ0v) is 11.5. The van der Waals surface area contributed by atoms with E-state index in [0.717, 1.165) is 31.0 Å². The van der Waals surface area contributed by atoms with Crippen LogP contribution in [0.1, 0.15) is 46.9 Å². The number of nitrogens with one attached hydrogen (secondary N) is 1. The van der Waals surface area contributed by atoms with Gasteiger partial charge in [0.1, 0.15) is 17.2 Å². The maximum Gasteiger partial charge on any atom is 0.219 e. The predicted octanol–water partition coefficient (Wildman–Crippen LogP) is 3.04. The minimum Gasteiger partial charge on any atom is -0.472 e. The predicted molar refractivity (Wildman–Crippen MR) is 70.6 cm³/mol. The molecule has 0 saturated carbocycles. The summed E-state index contributed by atoms with van der Waals surface area (Å²) in [6, 6.07) is 1.86. The van der Waals surface area contributed by atoms with Crippen LogP contribution in [0.15, 0.2) is 6.07 Å². The smallest absolute Gasteiger partial charge is 0.219 e. The van der Waals surface area contributed by atoms with Crippen molar-refractivity contribution in [3.05, 3.63) is 11.9 Å². The summed E-state index contributed by atoms with van der Waals surface area (Å²) in [6.07, 6.45) is 1.88. The second-order valence-electron chi connectivity index (χ2n) is 5.00. The highest BCUT2D eigenvalue weighted by Crippen LogP contribution is 2.19. The Morgan fingerprint density at radius 2 is 1.94 bits per heavy atom. The van der Waals surface area contributed by atoms with Gasteiger partial charge in [0.2, 0.25) is 5.88 Å². The van der Waals surface area contributed by atoms with Gasteiger partial charge in [0.15, 0.2) is 0 Å². The maximum absolute atomic E-state index is 5.77. The third kappa shape index (κ3) is 5.02. The van der Waals surface area contributed by atoms with E-state index in [9.17, 15) is 0 Å². The molecule has 96 valence electrons. The summed E-state index contributed by atoms with van der Waals surface area (Å²) in [6.45, 7) is 11.1. The zero-order valence-electron chi connectivity index (χ0n) is 11.5. The van der Waals surface area contributed by atoms with Crippen molar-refractivity contribution in [1.29, 1.82) is 0 Å². The number of hydrogen-bond donors (Lipinski definition) is 1. The summed E-state index contributed by atoms with van der Waals surface area (Å²) in [4.78, 5) is 8.79. The van der Waals surface area contributed by atoms with Crippen molar-refractivity contribution in [3.63, 3.8) is 0 Å². The van der Waals surface area contributed by atoms with E-state index in [4.69, 9.17) is 4.74 Å². The van der Waals surface area contributed by atoms with Crippen LogP contribution in [0, 0.1) is 0 Å². The SMILES string of the molecule is CCCNc1cc(OC(C)(C)C)nc(CC)n1. The van der Waals surface area contributed by atoms with Gasteiger partial charge in [0, 0.05) is 19.0 Å². The van der Waals surface area contributed by atoms with Crippen molar-refractivity contribution in [3.8, 4) is 5.88 Å². The lowest BCUT2D eigenvalue weighted by molar-refractivity contribution is 0.123. The highest BCUT2D eigenvalue weighted by Gasteiger charge is 2.14. The summed E-state index contributed by atoms with van der Waals surface area (Å²) in [5, 5.41) is 3.26. The van der Waals surface area contributed by atoms with Crippen LogP contribution in [0.3, 0.4) is 0 Å². The molecule has 0 fully saturated rings. The molecule has 0 aliphatic carbocycles. The van der Waals surface area contributed by atoms with Gasteiger partial charge < -0.3 is 10.1 Å². The summed E-state index contributed by atoms with van der Waals surface area (Å²) < 4.78 is 5.77. The van der Waals surface area contributed by atoms with Crippen LogP contribution in [0.5, 0.6) is 5.88 Å². The Labute approximate surface area is 104 Å². The second-order valence-corrected chi connectivity index (χ2v) is 5.00. The first kappa shape index (κ1) is 13.7. The number of aromatic nitrogens is 2. The number of nitrogens with zero attached hydrogens (tertiary/aromatic N) is 2. The second kappa shape index (κ2) is 5.84. The van der Waals surface area contributed by atoms with Crippen molar-refractivity contribution in [1.82, 2.24) is 9.97 Å². The Bertz CT molecular complexity index is 358. The number of ether oxygens (including phenoxy) is 1. The van der Waals surface area contributed by atoms with Crippen LogP contribution in [0.25, 0.3) is 0 Å². The Balaban J connectivity index is 2.88. The minimum atomic E-state index is -0.235. The Kier molecular flexibility index (Phi) is 4.73. The van der Waals surface area contributed by atoms with Gasteiger partial charge in [-0.05, 0) is 27.2 Å². The van der Waals surface area contributed by atoms with Crippen molar-refractivity contribution in [2.75, 3.05) is 11.9 Å². The van der Waals surface area contributed by atoms with E-state index in [1.54, 1.807) is 0 Å². The van der Waals surface area contributed by atoms with Crippen molar-refractivity contribution in [2.45, 2.75) is 53.1 Å². The van der Waals surface area contributed by atoms with E-state index in [0.29, 0.717) is 5.88 Å².